The minimum atomic E-state index is 0. The molecule has 0 amide bonds. The molecule has 0 heterocycles. The fourth-order valence-electron chi connectivity index (χ4n) is 3.97. The smallest absolute Gasteiger partial charge is 0.0238 e. The zero-order chi connectivity index (χ0) is 19.3. The third-order valence-corrected chi connectivity index (χ3v) is 9.23. The minimum Gasteiger partial charge on any atom is -1.00 e. The van der Waals surface area contributed by atoms with E-state index in [2.05, 4.69) is 27.7 Å². The maximum absolute atomic E-state index is 2.60. The van der Waals surface area contributed by atoms with Gasteiger partial charge in [-0.2, -0.15) is 0 Å². The summed E-state index contributed by atoms with van der Waals surface area (Å²) < 4.78 is 0. The number of rotatable bonds is 21. The van der Waals surface area contributed by atoms with Gasteiger partial charge in [0.2, 0.25) is 0 Å². The highest BCUT2D eigenvalue weighted by Gasteiger charge is 2.15. The van der Waals surface area contributed by atoms with Gasteiger partial charge in [-0.05, 0) is 37.2 Å². The molecule has 1 atom stereocenters. The van der Waals surface area contributed by atoms with Crippen LogP contribution in [0, 0.1) is 0 Å². The van der Waals surface area contributed by atoms with E-state index >= 15 is 0 Å². The average molecular weight is 438 g/mol. The van der Waals surface area contributed by atoms with Gasteiger partial charge in [0.05, 0.1) is 0 Å². The Kier molecular flexibility index (Phi) is 32.9. The summed E-state index contributed by atoms with van der Waals surface area (Å²) >= 11 is 0. The van der Waals surface area contributed by atoms with Crippen molar-refractivity contribution in [3.05, 3.63) is 0 Å². The first-order valence-corrected chi connectivity index (χ1v) is 14.3. The average Bonchev–Trinajstić information content (AvgIpc) is 2.65. The third-order valence-electron chi connectivity index (χ3n) is 5.95. The lowest BCUT2D eigenvalue weighted by molar-refractivity contribution is -0.00000638. The SMILES string of the molecule is CCCCCCCCP(CCCCCCCC)C(C)CCCCCCC.[Cl-].[NH4+]. The summed E-state index contributed by atoms with van der Waals surface area (Å²) in [5, 5.41) is 0. The molecule has 0 spiro atoms. The molecule has 0 radical (unpaired) electrons. The fraction of sp³-hybridized carbons (Fsp3) is 1.00. The van der Waals surface area contributed by atoms with E-state index in [4.69, 9.17) is 0 Å². The zero-order valence-electron chi connectivity index (χ0n) is 20.5. The molecule has 0 aromatic heterocycles. The highest BCUT2D eigenvalue weighted by molar-refractivity contribution is 7.58. The van der Waals surface area contributed by atoms with Gasteiger partial charge in [0.1, 0.15) is 0 Å². The predicted octanol–water partition coefficient (Wildman–Crippen LogP) is 7.32. The highest BCUT2D eigenvalue weighted by Crippen LogP contribution is 2.45. The van der Waals surface area contributed by atoms with Crippen LogP contribution in [0.15, 0.2) is 0 Å². The lowest BCUT2D eigenvalue weighted by atomic mass is 10.1. The number of halogens is 1. The second kappa shape index (κ2) is 27.7. The maximum atomic E-state index is 2.60. The standard InChI is InChI=1S/C25H53P.ClH.H3N/c1-5-8-11-14-17-20-23-26(24-21-18-15-12-9-6-2)25(4)22-19-16-13-10-7-3;;/h25H,5-24H2,1-4H3;1H;1H3. The van der Waals surface area contributed by atoms with Crippen LogP contribution in [-0.4, -0.2) is 18.0 Å². The monoisotopic (exact) mass is 437 g/mol. The lowest BCUT2D eigenvalue weighted by Crippen LogP contribution is -3.00. The van der Waals surface area contributed by atoms with Crippen LogP contribution in [0.25, 0.3) is 0 Å². The fourth-order valence-corrected chi connectivity index (χ4v) is 6.88. The molecule has 28 heavy (non-hydrogen) atoms. The van der Waals surface area contributed by atoms with Crippen LogP contribution in [-0.2, 0) is 0 Å². The molecule has 0 bridgehead atoms. The van der Waals surface area contributed by atoms with E-state index in [-0.39, 0.29) is 18.6 Å². The van der Waals surface area contributed by atoms with Gasteiger partial charge in [-0.15, -0.1) is 7.92 Å². The number of hydrogen-bond donors (Lipinski definition) is 1. The molecule has 1 nitrogen and oxygen atoms in total. The van der Waals surface area contributed by atoms with Crippen LogP contribution in [0.3, 0.4) is 0 Å². The molecular formula is C25H57ClNP. The van der Waals surface area contributed by atoms with Crippen LogP contribution in [0.2, 0.25) is 0 Å². The van der Waals surface area contributed by atoms with Gasteiger partial charge >= 0.3 is 0 Å². The Hall–Kier alpha value is 0.680. The van der Waals surface area contributed by atoms with Crippen molar-refractivity contribution in [2.75, 3.05) is 12.3 Å². The summed E-state index contributed by atoms with van der Waals surface area (Å²) in [7, 11) is 0.305. The topological polar surface area (TPSA) is 36.5 Å². The Labute approximate surface area is 187 Å². The zero-order valence-corrected chi connectivity index (χ0v) is 22.2. The van der Waals surface area contributed by atoms with Gasteiger partial charge < -0.3 is 18.6 Å². The van der Waals surface area contributed by atoms with Gasteiger partial charge in [-0.3, -0.25) is 0 Å². The molecule has 0 saturated heterocycles. The van der Waals surface area contributed by atoms with Crippen LogP contribution in [0.1, 0.15) is 143 Å². The third kappa shape index (κ3) is 23.0. The van der Waals surface area contributed by atoms with Crippen molar-refractivity contribution >= 4 is 7.92 Å². The Bertz CT molecular complexity index is 247. The van der Waals surface area contributed by atoms with Crippen LogP contribution in [0.5, 0.6) is 0 Å². The van der Waals surface area contributed by atoms with E-state index in [1.165, 1.54) is 116 Å². The summed E-state index contributed by atoms with van der Waals surface area (Å²) in [6, 6.07) is 0. The van der Waals surface area contributed by atoms with Crippen LogP contribution >= 0.6 is 7.92 Å². The molecule has 0 aliphatic heterocycles. The quantitative estimate of drug-likeness (QED) is 0.144. The molecule has 1 unspecified atom stereocenters. The van der Waals surface area contributed by atoms with E-state index in [1.807, 2.05) is 0 Å². The molecular weight excluding hydrogens is 381 g/mol. The van der Waals surface area contributed by atoms with Gasteiger partial charge in [-0.1, -0.05) is 124 Å². The summed E-state index contributed by atoms with van der Waals surface area (Å²) in [4.78, 5) is 0. The Morgan fingerprint density at radius 2 is 0.821 bits per heavy atom. The first-order chi connectivity index (χ1) is 12.8. The number of unbranched alkanes of at least 4 members (excludes halogenated alkanes) is 14. The van der Waals surface area contributed by atoms with Gasteiger partial charge in [0, 0.05) is 0 Å². The molecule has 0 saturated carbocycles. The summed E-state index contributed by atoms with van der Waals surface area (Å²) in [5.74, 6) is 0. The summed E-state index contributed by atoms with van der Waals surface area (Å²) in [5.41, 5.74) is 1.03. The van der Waals surface area contributed by atoms with Crippen molar-refractivity contribution in [1.82, 2.24) is 6.15 Å². The molecule has 0 aromatic rings. The van der Waals surface area contributed by atoms with Gasteiger partial charge in [0.25, 0.3) is 0 Å². The van der Waals surface area contributed by atoms with Crippen molar-refractivity contribution in [3.8, 4) is 0 Å². The number of hydrogen-bond acceptors (Lipinski definition) is 0. The molecule has 0 aliphatic carbocycles. The minimum absolute atomic E-state index is 0. The Morgan fingerprint density at radius 3 is 1.21 bits per heavy atom. The van der Waals surface area contributed by atoms with Gasteiger partial charge in [-0.25, -0.2) is 0 Å². The maximum Gasteiger partial charge on any atom is -0.0238 e. The van der Waals surface area contributed by atoms with Crippen molar-refractivity contribution in [2.45, 2.75) is 149 Å². The van der Waals surface area contributed by atoms with E-state index in [0.717, 1.165) is 5.66 Å². The van der Waals surface area contributed by atoms with E-state index in [9.17, 15) is 0 Å². The lowest BCUT2D eigenvalue weighted by Gasteiger charge is -2.25. The molecule has 0 fully saturated rings. The molecule has 0 aliphatic rings. The van der Waals surface area contributed by atoms with Crippen molar-refractivity contribution in [3.63, 3.8) is 0 Å². The second-order valence-electron chi connectivity index (χ2n) is 8.62. The van der Waals surface area contributed by atoms with Crippen molar-refractivity contribution in [2.24, 2.45) is 0 Å². The summed E-state index contributed by atoms with van der Waals surface area (Å²) in [6.45, 7) is 9.56. The normalized spacial score (nSPS) is 11.9. The molecule has 3 heteroatoms. The first-order valence-electron chi connectivity index (χ1n) is 12.5. The molecule has 0 aromatic carbocycles. The first kappa shape index (κ1) is 33.3. The molecule has 174 valence electrons. The Balaban J connectivity index is -0.00000312. The van der Waals surface area contributed by atoms with Crippen molar-refractivity contribution in [1.29, 1.82) is 0 Å². The van der Waals surface area contributed by atoms with E-state index in [0.29, 0.717) is 7.92 Å². The second-order valence-corrected chi connectivity index (χ2v) is 11.6. The van der Waals surface area contributed by atoms with Crippen molar-refractivity contribution < 1.29 is 12.4 Å². The molecule has 4 N–H and O–H groups in total. The van der Waals surface area contributed by atoms with E-state index < -0.39 is 0 Å². The Morgan fingerprint density at radius 1 is 0.500 bits per heavy atom. The predicted molar refractivity (Wildman–Crippen MR) is 132 cm³/mol. The van der Waals surface area contributed by atoms with E-state index in [1.54, 1.807) is 12.3 Å². The molecule has 0 rings (SSSR count). The van der Waals surface area contributed by atoms with Crippen LogP contribution < -0.4 is 18.6 Å². The number of quaternary nitrogens is 1. The van der Waals surface area contributed by atoms with Crippen LogP contribution in [0.4, 0.5) is 0 Å². The summed E-state index contributed by atoms with van der Waals surface area (Å²) in [6.07, 6.45) is 29.5. The van der Waals surface area contributed by atoms with Gasteiger partial charge in [0.15, 0.2) is 0 Å². The highest BCUT2D eigenvalue weighted by atomic mass is 35.5. The largest absolute Gasteiger partial charge is 1.00 e.